The second kappa shape index (κ2) is 6.52. The van der Waals surface area contributed by atoms with Gasteiger partial charge in [0.05, 0.1) is 0 Å². The average Bonchev–Trinajstić information content (AvgIpc) is 2.39. The molecule has 3 nitrogen and oxygen atoms in total. The molecule has 2 rings (SSSR count). The van der Waals surface area contributed by atoms with Gasteiger partial charge in [0.25, 0.3) is 5.91 Å². The van der Waals surface area contributed by atoms with Gasteiger partial charge in [-0.25, -0.2) is 4.39 Å². The number of hydrogen-bond acceptors (Lipinski definition) is 2. The fourth-order valence-corrected chi connectivity index (χ4v) is 2.29. The molecule has 0 unspecified atom stereocenters. The molecule has 5 heteroatoms. The maximum absolute atomic E-state index is 13.2. The molecule has 0 aromatic heterocycles. The molecule has 0 atom stereocenters. The fraction of sp³-hybridized carbons (Fsp3) is 0.133. The predicted molar refractivity (Wildman–Crippen MR) is 78.2 cm³/mol. The highest BCUT2D eigenvalue weighted by Gasteiger charge is 2.08. The van der Waals surface area contributed by atoms with Gasteiger partial charge in [0.2, 0.25) is 0 Å². The van der Waals surface area contributed by atoms with E-state index in [2.05, 4.69) is 21.2 Å². The quantitative estimate of drug-likeness (QED) is 0.899. The molecule has 0 bridgehead atoms. The summed E-state index contributed by atoms with van der Waals surface area (Å²) in [5, 5.41) is 12.3. The first kappa shape index (κ1) is 14.5. The van der Waals surface area contributed by atoms with Crippen LogP contribution in [0.3, 0.4) is 0 Å². The molecule has 0 saturated carbocycles. The van der Waals surface area contributed by atoms with Crippen molar-refractivity contribution in [2.24, 2.45) is 0 Å². The number of phenols is 1. The number of rotatable bonds is 4. The largest absolute Gasteiger partial charge is 0.508 e. The lowest BCUT2D eigenvalue weighted by Gasteiger charge is -2.07. The highest BCUT2D eigenvalue weighted by molar-refractivity contribution is 9.10. The van der Waals surface area contributed by atoms with Gasteiger partial charge in [0.1, 0.15) is 11.6 Å². The summed E-state index contributed by atoms with van der Waals surface area (Å²) in [4.78, 5) is 11.9. The standard InChI is InChI=1S/C15H13BrFNO2/c16-12-7-11(8-13(17)9-12)15(20)18-6-5-10-3-1-2-4-14(10)19/h1-4,7-9,19H,5-6H2,(H,18,20). The third-order valence-electron chi connectivity index (χ3n) is 2.80. The van der Waals surface area contributed by atoms with Crippen molar-refractivity contribution in [2.75, 3.05) is 6.54 Å². The average molecular weight is 338 g/mol. The maximum atomic E-state index is 13.2. The molecule has 0 heterocycles. The van der Waals surface area contributed by atoms with E-state index in [1.54, 1.807) is 24.3 Å². The molecular formula is C15H13BrFNO2. The normalized spacial score (nSPS) is 10.3. The van der Waals surface area contributed by atoms with Gasteiger partial charge in [-0.3, -0.25) is 4.79 Å². The lowest BCUT2D eigenvalue weighted by molar-refractivity contribution is 0.0953. The Kier molecular flexibility index (Phi) is 4.74. The summed E-state index contributed by atoms with van der Waals surface area (Å²) < 4.78 is 13.7. The molecule has 2 N–H and O–H groups in total. The van der Waals surface area contributed by atoms with E-state index in [4.69, 9.17) is 0 Å². The van der Waals surface area contributed by atoms with Crippen molar-refractivity contribution >= 4 is 21.8 Å². The molecule has 0 fully saturated rings. The molecule has 0 spiro atoms. The molecule has 0 aliphatic heterocycles. The number of phenolic OH excluding ortho intramolecular Hbond substituents is 1. The Balaban J connectivity index is 1.94. The van der Waals surface area contributed by atoms with Crippen LogP contribution >= 0.6 is 15.9 Å². The van der Waals surface area contributed by atoms with Crippen molar-refractivity contribution in [1.29, 1.82) is 0 Å². The summed E-state index contributed by atoms with van der Waals surface area (Å²) in [7, 11) is 0. The summed E-state index contributed by atoms with van der Waals surface area (Å²) in [6, 6.07) is 11.0. The Morgan fingerprint density at radius 2 is 2.00 bits per heavy atom. The van der Waals surface area contributed by atoms with Crippen molar-refractivity contribution in [1.82, 2.24) is 5.32 Å². The number of carbonyl (C=O) groups excluding carboxylic acids is 1. The fourth-order valence-electron chi connectivity index (χ4n) is 1.82. The van der Waals surface area contributed by atoms with E-state index in [0.29, 0.717) is 17.4 Å². The van der Waals surface area contributed by atoms with Crippen LogP contribution in [0.25, 0.3) is 0 Å². The molecule has 2 aromatic carbocycles. The van der Waals surface area contributed by atoms with Crippen LogP contribution in [0.15, 0.2) is 46.9 Å². The summed E-state index contributed by atoms with van der Waals surface area (Å²) in [6.45, 7) is 0.366. The number of carbonyl (C=O) groups is 1. The van der Waals surface area contributed by atoms with E-state index in [1.165, 1.54) is 12.1 Å². The third kappa shape index (κ3) is 3.81. The van der Waals surface area contributed by atoms with Crippen molar-refractivity contribution in [2.45, 2.75) is 6.42 Å². The van der Waals surface area contributed by atoms with Crippen LogP contribution in [0.1, 0.15) is 15.9 Å². The van der Waals surface area contributed by atoms with E-state index >= 15 is 0 Å². The van der Waals surface area contributed by atoms with Gasteiger partial charge in [-0.05, 0) is 36.2 Å². The van der Waals surface area contributed by atoms with Gasteiger partial charge in [0.15, 0.2) is 0 Å². The van der Waals surface area contributed by atoms with Crippen molar-refractivity contribution in [3.05, 3.63) is 63.9 Å². The van der Waals surface area contributed by atoms with Crippen LogP contribution in [0, 0.1) is 5.82 Å². The lowest BCUT2D eigenvalue weighted by Crippen LogP contribution is -2.25. The monoisotopic (exact) mass is 337 g/mol. The Hall–Kier alpha value is -1.88. The molecule has 0 aliphatic rings. The Morgan fingerprint density at radius 3 is 2.70 bits per heavy atom. The summed E-state index contributed by atoms with van der Waals surface area (Å²) in [5.41, 5.74) is 1.02. The van der Waals surface area contributed by atoms with Gasteiger partial charge < -0.3 is 10.4 Å². The van der Waals surface area contributed by atoms with Gasteiger partial charge in [0, 0.05) is 16.6 Å². The van der Waals surface area contributed by atoms with Gasteiger partial charge in [-0.15, -0.1) is 0 Å². The molecule has 0 aliphatic carbocycles. The van der Waals surface area contributed by atoms with Gasteiger partial charge >= 0.3 is 0 Å². The number of amides is 1. The van der Waals surface area contributed by atoms with E-state index < -0.39 is 5.82 Å². The minimum absolute atomic E-state index is 0.204. The molecule has 1 amide bonds. The predicted octanol–water partition coefficient (Wildman–Crippen LogP) is 3.27. The lowest BCUT2D eigenvalue weighted by atomic mass is 10.1. The molecule has 20 heavy (non-hydrogen) atoms. The van der Waals surface area contributed by atoms with Gasteiger partial charge in [-0.2, -0.15) is 0 Å². The first-order chi connectivity index (χ1) is 9.56. The second-order valence-corrected chi connectivity index (χ2v) is 5.21. The Morgan fingerprint density at radius 1 is 1.25 bits per heavy atom. The SMILES string of the molecule is O=C(NCCc1ccccc1O)c1cc(F)cc(Br)c1. The van der Waals surface area contributed by atoms with Gasteiger partial charge in [-0.1, -0.05) is 34.1 Å². The number of para-hydroxylation sites is 1. The summed E-state index contributed by atoms with van der Waals surface area (Å²) in [6.07, 6.45) is 0.509. The molecule has 0 saturated heterocycles. The number of halogens is 2. The van der Waals surface area contributed by atoms with E-state index in [1.807, 2.05) is 6.07 Å². The van der Waals surface area contributed by atoms with Crippen LogP contribution < -0.4 is 5.32 Å². The van der Waals surface area contributed by atoms with Crippen molar-refractivity contribution in [3.8, 4) is 5.75 Å². The van der Waals surface area contributed by atoms with Crippen LogP contribution in [0.4, 0.5) is 4.39 Å². The topological polar surface area (TPSA) is 49.3 Å². The second-order valence-electron chi connectivity index (χ2n) is 4.29. The van der Waals surface area contributed by atoms with Crippen LogP contribution in [0.2, 0.25) is 0 Å². The number of hydrogen-bond donors (Lipinski definition) is 2. The number of benzene rings is 2. The minimum atomic E-state index is -0.467. The highest BCUT2D eigenvalue weighted by atomic mass is 79.9. The van der Waals surface area contributed by atoms with E-state index in [9.17, 15) is 14.3 Å². The van der Waals surface area contributed by atoms with Crippen LogP contribution in [-0.2, 0) is 6.42 Å². The first-order valence-corrected chi connectivity index (χ1v) is 6.87. The molecule has 0 radical (unpaired) electrons. The zero-order valence-electron chi connectivity index (χ0n) is 10.6. The first-order valence-electron chi connectivity index (χ1n) is 6.07. The van der Waals surface area contributed by atoms with Crippen LogP contribution in [0.5, 0.6) is 5.75 Å². The molecular weight excluding hydrogens is 325 g/mol. The third-order valence-corrected chi connectivity index (χ3v) is 3.25. The summed E-state index contributed by atoms with van der Waals surface area (Å²) in [5.74, 6) is -0.610. The van der Waals surface area contributed by atoms with E-state index in [-0.39, 0.29) is 17.2 Å². The molecule has 2 aromatic rings. The highest BCUT2D eigenvalue weighted by Crippen LogP contribution is 2.16. The van der Waals surface area contributed by atoms with Crippen LogP contribution in [-0.4, -0.2) is 17.6 Å². The maximum Gasteiger partial charge on any atom is 0.251 e. The van der Waals surface area contributed by atoms with Crippen molar-refractivity contribution in [3.63, 3.8) is 0 Å². The zero-order chi connectivity index (χ0) is 14.5. The number of nitrogens with one attached hydrogen (secondary N) is 1. The minimum Gasteiger partial charge on any atom is -0.508 e. The van der Waals surface area contributed by atoms with Crippen molar-refractivity contribution < 1.29 is 14.3 Å². The zero-order valence-corrected chi connectivity index (χ0v) is 12.2. The number of aromatic hydroxyl groups is 1. The van der Waals surface area contributed by atoms with E-state index in [0.717, 1.165) is 5.56 Å². The summed E-state index contributed by atoms with van der Waals surface area (Å²) >= 11 is 3.14. The molecule has 104 valence electrons. The Labute approximate surface area is 124 Å². The Bertz CT molecular complexity index is 611. The smallest absolute Gasteiger partial charge is 0.251 e.